The van der Waals surface area contributed by atoms with Gasteiger partial charge in [0.1, 0.15) is 11.2 Å². The van der Waals surface area contributed by atoms with Crippen molar-refractivity contribution in [2.24, 2.45) is 0 Å². The molecule has 0 saturated heterocycles. The van der Waals surface area contributed by atoms with Crippen LogP contribution in [0.4, 0.5) is 0 Å². The molecule has 5 heteroatoms. The van der Waals surface area contributed by atoms with Gasteiger partial charge in [0.25, 0.3) is 0 Å². The largest absolute Gasteiger partial charge is 0.435 e. The summed E-state index contributed by atoms with van der Waals surface area (Å²) >= 11 is 0. The van der Waals surface area contributed by atoms with Crippen molar-refractivity contribution in [1.29, 1.82) is 0 Å². The van der Waals surface area contributed by atoms with Gasteiger partial charge in [0, 0.05) is 38.5 Å². The molecule has 0 spiro atoms. The minimum atomic E-state index is 0.481. The maximum atomic E-state index is 6.49. The molecular formula is C56H34N4O. The molecule has 61 heavy (non-hydrogen) atoms. The summed E-state index contributed by atoms with van der Waals surface area (Å²) in [6.07, 6.45) is 0. The first-order valence-electron chi connectivity index (χ1n) is 20.6. The van der Waals surface area contributed by atoms with Gasteiger partial charge in [0.05, 0.1) is 27.8 Å². The third kappa shape index (κ3) is 5.21. The van der Waals surface area contributed by atoms with E-state index in [-0.39, 0.29) is 0 Å². The second-order valence-electron chi connectivity index (χ2n) is 15.8. The van der Waals surface area contributed by atoms with E-state index in [4.69, 9.17) is 14.4 Å². The molecule has 5 nitrogen and oxygen atoms in total. The number of benzene rings is 9. The predicted octanol–water partition coefficient (Wildman–Crippen LogP) is 14.7. The van der Waals surface area contributed by atoms with Crippen LogP contribution in [0.3, 0.4) is 0 Å². The lowest BCUT2D eigenvalue weighted by Gasteiger charge is -2.17. The molecule has 13 rings (SSSR count). The number of aromatic nitrogens is 4. The lowest BCUT2D eigenvalue weighted by molar-refractivity contribution is 0.617. The number of para-hydroxylation sites is 6. The Morgan fingerprint density at radius 1 is 0.344 bits per heavy atom. The maximum Gasteiger partial charge on any atom is 0.246 e. The molecule has 284 valence electrons. The maximum absolute atomic E-state index is 6.49. The van der Waals surface area contributed by atoms with Crippen molar-refractivity contribution < 1.29 is 4.42 Å². The fourth-order valence-corrected chi connectivity index (χ4v) is 9.64. The third-order valence-corrected chi connectivity index (χ3v) is 12.3. The normalized spacial score (nSPS) is 11.9. The average Bonchev–Trinajstić information content (AvgIpc) is 4.01. The molecule has 0 bridgehead atoms. The molecule has 0 N–H and O–H groups in total. The van der Waals surface area contributed by atoms with E-state index in [1.165, 1.54) is 43.1 Å². The van der Waals surface area contributed by atoms with Gasteiger partial charge < -0.3 is 13.6 Å². The zero-order chi connectivity index (χ0) is 40.0. The van der Waals surface area contributed by atoms with Gasteiger partial charge in [0.2, 0.25) is 5.89 Å². The van der Waals surface area contributed by atoms with Crippen molar-refractivity contribution in [2.45, 2.75) is 0 Å². The highest BCUT2D eigenvalue weighted by Gasteiger charge is 2.21. The number of hydrogen-bond acceptors (Lipinski definition) is 3. The van der Waals surface area contributed by atoms with Crippen LogP contribution in [0, 0.1) is 0 Å². The molecule has 0 unspecified atom stereocenters. The number of rotatable bonds is 5. The standard InChI is InChI=1S/C56H34N4O/c1-3-17-41-35(15-1)29-36-16-2-4-18-42(36)55(41)38-32-48(57-49(33-38)56-58-47-23-9-14-28-54(47)61-56)37-30-39(59-50-24-10-5-19-43(50)44-20-6-11-25-51(44)59)34-40(31-37)60-52-26-12-7-21-45(52)46-22-8-13-27-53(46)60/h1-34H. The summed E-state index contributed by atoms with van der Waals surface area (Å²) in [7, 11) is 0. The molecule has 0 aliphatic rings. The summed E-state index contributed by atoms with van der Waals surface area (Å²) in [5.41, 5.74) is 12.8. The monoisotopic (exact) mass is 778 g/mol. The topological polar surface area (TPSA) is 48.8 Å². The summed E-state index contributed by atoms with van der Waals surface area (Å²) in [6, 6.07) is 73.6. The van der Waals surface area contributed by atoms with Crippen LogP contribution < -0.4 is 0 Å². The Kier molecular flexibility index (Phi) is 7.24. The van der Waals surface area contributed by atoms with Crippen LogP contribution in [0.1, 0.15) is 0 Å². The Labute approximate surface area is 350 Å². The van der Waals surface area contributed by atoms with Crippen LogP contribution in [0.5, 0.6) is 0 Å². The van der Waals surface area contributed by atoms with Crippen molar-refractivity contribution >= 4 is 76.3 Å². The van der Waals surface area contributed by atoms with Crippen molar-refractivity contribution in [2.75, 3.05) is 0 Å². The fraction of sp³-hybridized carbons (Fsp3) is 0. The Hall–Kier alpha value is -8.28. The first-order chi connectivity index (χ1) is 30.2. The summed E-state index contributed by atoms with van der Waals surface area (Å²) in [5.74, 6) is 0.481. The fourth-order valence-electron chi connectivity index (χ4n) is 9.64. The molecule has 4 aromatic heterocycles. The highest BCUT2D eigenvalue weighted by atomic mass is 16.3. The molecule has 4 heterocycles. The Balaban J connectivity index is 1.15. The quantitative estimate of drug-likeness (QED) is 0.164. The van der Waals surface area contributed by atoms with Crippen molar-refractivity contribution in [1.82, 2.24) is 19.1 Å². The first-order valence-corrected chi connectivity index (χ1v) is 20.6. The first kappa shape index (κ1) is 33.7. The lowest BCUT2D eigenvalue weighted by Crippen LogP contribution is -2.01. The second kappa shape index (κ2) is 13.1. The Morgan fingerprint density at radius 3 is 1.31 bits per heavy atom. The van der Waals surface area contributed by atoms with Crippen LogP contribution in [0.25, 0.3) is 122 Å². The van der Waals surface area contributed by atoms with E-state index in [2.05, 4.69) is 191 Å². The van der Waals surface area contributed by atoms with Crippen LogP contribution in [-0.4, -0.2) is 19.1 Å². The summed E-state index contributed by atoms with van der Waals surface area (Å²) in [5, 5.41) is 9.55. The van der Waals surface area contributed by atoms with Crippen LogP contribution in [0.2, 0.25) is 0 Å². The molecule has 0 aliphatic heterocycles. The molecule has 0 amide bonds. The predicted molar refractivity (Wildman–Crippen MR) is 252 cm³/mol. The molecule has 0 fully saturated rings. The molecule has 0 radical (unpaired) electrons. The third-order valence-electron chi connectivity index (χ3n) is 12.3. The summed E-state index contributed by atoms with van der Waals surface area (Å²) in [6.45, 7) is 0. The number of oxazole rings is 1. The van der Waals surface area contributed by atoms with E-state index in [0.717, 1.165) is 66.9 Å². The number of fused-ring (bicyclic) bond motifs is 9. The number of nitrogens with zero attached hydrogens (tertiary/aromatic N) is 4. The van der Waals surface area contributed by atoms with Gasteiger partial charge in [-0.25, -0.2) is 9.97 Å². The van der Waals surface area contributed by atoms with Gasteiger partial charge >= 0.3 is 0 Å². The van der Waals surface area contributed by atoms with E-state index < -0.39 is 0 Å². The van der Waals surface area contributed by atoms with Crippen LogP contribution in [-0.2, 0) is 0 Å². The highest BCUT2D eigenvalue weighted by Crippen LogP contribution is 2.42. The average molecular weight is 779 g/mol. The van der Waals surface area contributed by atoms with E-state index >= 15 is 0 Å². The number of pyridine rings is 1. The summed E-state index contributed by atoms with van der Waals surface area (Å²) in [4.78, 5) is 10.5. The van der Waals surface area contributed by atoms with Crippen molar-refractivity contribution in [3.05, 3.63) is 206 Å². The van der Waals surface area contributed by atoms with Gasteiger partial charge in [-0.2, -0.15) is 0 Å². The SMILES string of the molecule is c1ccc2c(-c3cc(-c4cc(-n5c6ccccc6c6ccccc65)cc(-n5c6ccccc6c6ccccc65)c4)nc(-c4nc5ccccc5o4)c3)c3ccccc3cc2c1. The van der Waals surface area contributed by atoms with Gasteiger partial charge in [-0.1, -0.05) is 133 Å². The Bertz CT molecular complexity index is 3580. The van der Waals surface area contributed by atoms with Gasteiger partial charge in [-0.05, 0) is 105 Å². The molecule has 13 aromatic rings. The zero-order valence-corrected chi connectivity index (χ0v) is 32.8. The van der Waals surface area contributed by atoms with Crippen LogP contribution in [0.15, 0.2) is 211 Å². The van der Waals surface area contributed by atoms with E-state index in [1.807, 2.05) is 24.3 Å². The molecular weight excluding hydrogens is 745 g/mol. The molecule has 0 saturated carbocycles. The molecule has 9 aromatic carbocycles. The van der Waals surface area contributed by atoms with Crippen LogP contribution >= 0.6 is 0 Å². The lowest BCUT2D eigenvalue weighted by atomic mass is 9.91. The van der Waals surface area contributed by atoms with Gasteiger partial charge in [0.15, 0.2) is 5.58 Å². The van der Waals surface area contributed by atoms with E-state index in [9.17, 15) is 0 Å². The minimum absolute atomic E-state index is 0.481. The zero-order valence-electron chi connectivity index (χ0n) is 32.8. The summed E-state index contributed by atoms with van der Waals surface area (Å²) < 4.78 is 11.3. The smallest absolute Gasteiger partial charge is 0.246 e. The Morgan fingerprint density at radius 2 is 0.787 bits per heavy atom. The molecule has 0 atom stereocenters. The highest BCUT2D eigenvalue weighted by molar-refractivity contribution is 6.14. The molecule has 0 aliphatic carbocycles. The van der Waals surface area contributed by atoms with Crippen molar-refractivity contribution in [3.63, 3.8) is 0 Å². The van der Waals surface area contributed by atoms with E-state index in [0.29, 0.717) is 11.6 Å². The number of hydrogen-bond donors (Lipinski definition) is 0. The van der Waals surface area contributed by atoms with Gasteiger partial charge in [-0.15, -0.1) is 0 Å². The van der Waals surface area contributed by atoms with Crippen molar-refractivity contribution in [3.8, 4) is 45.3 Å². The van der Waals surface area contributed by atoms with Gasteiger partial charge in [-0.3, -0.25) is 0 Å². The van der Waals surface area contributed by atoms with E-state index in [1.54, 1.807) is 0 Å². The minimum Gasteiger partial charge on any atom is -0.435 e. The second-order valence-corrected chi connectivity index (χ2v) is 15.8.